The number of benzene rings is 1. The topological polar surface area (TPSA) is 33.7 Å². The van der Waals surface area contributed by atoms with Crippen LogP contribution in [-0.4, -0.2) is 50.4 Å². The first-order chi connectivity index (χ1) is 16.6. The minimum Gasteiger partial charge on any atom is -0.490 e. The van der Waals surface area contributed by atoms with Gasteiger partial charge < -0.3 is 14.8 Å². The van der Waals surface area contributed by atoms with Crippen molar-refractivity contribution in [3.63, 3.8) is 0 Å². The third-order valence-electron chi connectivity index (χ3n) is 6.92. The normalized spacial score (nSPS) is 22.9. The maximum atomic E-state index is 14.7. The van der Waals surface area contributed by atoms with Gasteiger partial charge in [0.1, 0.15) is 11.6 Å². The minimum atomic E-state index is -0.189. The fraction of sp³-hybridized carbons (Fsp3) is 0.724. The van der Waals surface area contributed by atoms with Crippen LogP contribution < -0.4 is 10.1 Å². The molecule has 1 aromatic carbocycles. The first-order valence-electron chi connectivity index (χ1n) is 13.8. The third kappa shape index (κ3) is 8.57. The number of rotatable bonds is 7. The monoisotopic (exact) mass is 476 g/mol. The molecule has 1 heterocycles. The molecule has 1 N–H and O–H groups in total. The summed E-state index contributed by atoms with van der Waals surface area (Å²) in [7, 11) is 0. The molecule has 0 amide bonds. The van der Waals surface area contributed by atoms with Crippen molar-refractivity contribution in [1.29, 1.82) is 0 Å². The van der Waals surface area contributed by atoms with Crippen molar-refractivity contribution < 1.29 is 13.9 Å². The predicted molar refractivity (Wildman–Crippen MR) is 143 cm³/mol. The van der Waals surface area contributed by atoms with Crippen LogP contribution in [0.4, 0.5) is 10.1 Å². The summed E-state index contributed by atoms with van der Waals surface area (Å²) in [6.45, 7) is 17.7. The van der Waals surface area contributed by atoms with Crippen molar-refractivity contribution in [2.45, 2.75) is 92.6 Å². The molecule has 2 fully saturated rings. The van der Waals surface area contributed by atoms with Crippen LogP contribution >= 0.6 is 0 Å². The summed E-state index contributed by atoms with van der Waals surface area (Å²) in [6.07, 6.45) is 8.45. The molecule has 4 nitrogen and oxygen atoms in total. The van der Waals surface area contributed by atoms with Crippen molar-refractivity contribution in [1.82, 2.24) is 4.90 Å². The Morgan fingerprint density at radius 1 is 1.03 bits per heavy atom. The molecule has 3 aliphatic rings. The average Bonchev–Trinajstić information content (AvgIpc) is 3.28. The highest BCUT2D eigenvalue weighted by atomic mass is 19.1. The average molecular weight is 477 g/mol. The van der Waals surface area contributed by atoms with Crippen LogP contribution in [0.5, 0.6) is 5.75 Å². The first-order valence-corrected chi connectivity index (χ1v) is 13.8. The lowest BCUT2D eigenvalue weighted by Gasteiger charge is -2.30. The van der Waals surface area contributed by atoms with Gasteiger partial charge in [-0.2, -0.15) is 0 Å². The third-order valence-corrected chi connectivity index (χ3v) is 6.92. The van der Waals surface area contributed by atoms with Gasteiger partial charge in [-0.15, -0.1) is 0 Å². The smallest absolute Gasteiger partial charge is 0.146 e. The molecule has 0 spiro atoms. The van der Waals surface area contributed by atoms with Crippen molar-refractivity contribution in [2.24, 2.45) is 5.92 Å². The molecule has 1 saturated carbocycles. The van der Waals surface area contributed by atoms with Gasteiger partial charge in [-0.25, -0.2) is 4.39 Å². The number of ether oxygens (including phenoxy) is 2. The summed E-state index contributed by atoms with van der Waals surface area (Å²) in [5, 5.41) is 3.40. The Kier molecular flexibility index (Phi) is 13.0. The van der Waals surface area contributed by atoms with Crippen LogP contribution in [0.1, 0.15) is 85.1 Å². The maximum absolute atomic E-state index is 14.7. The van der Waals surface area contributed by atoms with Gasteiger partial charge in [-0.1, -0.05) is 45.8 Å². The van der Waals surface area contributed by atoms with Crippen LogP contribution in [0, 0.1) is 18.7 Å². The fourth-order valence-electron chi connectivity index (χ4n) is 5.02. The molecule has 194 valence electrons. The van der Waals surface area contributed by atoms with E-state index >= 15 is 0 Å². The van der Waals surface area contributed by atoms with Crippen LogP contribution in [0.2, 0.25) is 0 Å². The summed E-state index contributed by atoms with van der Waals surface area (Å²) in [5.41, 5.74) is 4.44. The van der Waals surface area contributed by atoms with Crippen molar-refractivity contribution in [2.75, 3.05) is 44.7 Å². The van der Waals surface area contributed by atoms with E-state index in [-0.39, 0.29) is 11.9 Å². The molecule has 34 heavy (non-hydrogen) atoms. The summed E-state index contributed by atoms with van der Waals surface area (Å²) >= 11 is 0. The standard InChI is InChI=1S/C25H37FN2O2.2C2H6/c1-18-7-8-22(13-18)30-25-15-24(23(26)14-19(25)2)27-16-20-5-3-4-6-21(20)17-28-9-11-29-12-10-28;2*1-2/h14-15,18,22,27H,3-13,16-17H2,1-2H3;2*1-2H3. The lowest BCUT2D eigenvalue weighted by Crippen LogP contribution is -2.38. The number of halogens is 1. The van der Waals surface area contributed by atoms with Gasteiger partial charge >= 0.3 is 0 Å². The number of nitrogens with zero attached hydrogens (tertiary/aromatic N) is 1. The Labute approximate surface area is 208 Å². The number of anilines is 1. The number of nitrogens with one attached hydrogen (secondary N) is 1. The van der Waals surface area contributed by atoms with Gasteiger partial charge in [0.15, 0.2) is 0 Å². The van der Waals surface area contributed by atoms with E-state index in [9.17, 15) is 4.39 Å². The summed E-state index contributed by atoms with van der Waals surface area (Å²) in [4.78, 5) is 2.49. The second kappa shape index (κ2) is 15.4. The highest BCUT2D eigenvalue weighted by molar-refractivity contribution is 5.53. The molecule has 0 aromatic heterocycles. The Balaban J connectivity index is 0.000000970. The van der Waals surface area contributed by atoms with Crippen LogP contribution in [0.15, 0.2) is 23.3 Å². The molecule has 5 heteroatoms. The van der Waals surface area contributed by atoms with Gasteiger partial charge in [-0.05, 0) is 69.4 Å². The van der Waals surface area contributed by atoms with E-state index in [0.29, 0.717) is 5.69 Å². The minimum absolute atomic E-state index is 0.189. The van der Waals surface area contributed by atoms with E-state index < -0.39 is 0 Å². The molecule has 2 atom stereocenters. The second-order valence-electron chi connectivity index (χ2n) is 9.41. The van der Waals surface area contributed by atoms with Gasteiger partial charge in [0.2, 0.25) is 0 Å². The fourth-order valence-corrected chi connectivity index (χ4v) is 5.02. The lowest BCUT2D eigenvalue weighted by molar-refractivity contribution is 0.0417. The van der Waals surface area contributed by atoms with Gasteiger partial charge in [0.05, 0.1) is 25.0 Å². The molecule has 4 rings (SSSR count). The number of morpholine rings is 1. The molecule has 1 aromatic rings. The Hall–Kier alpha value is -1.59. The van der Waals surface area contributed by atoms with E-state index in [1.165, 1.54) is 31.3 Å². The predicted octanol–water partition coefficient (Wildman–Crippen LogP) is 7.37. The summed E-state index contributed by atoms with van der Waals surface area (Å²) in [6, 6.07) is 3.48. The first kappa shape index (κ1) is 28.6. The molecule has 1 saturated heterocycles. The zero-order valence-corrected chi connectivity index (χ0v) is 22.6. The van der Waals surface area contributed by atoms with Crippen LogP contribution in [0.3, 0.4) is 0 Å². The van der Waals surface area contributed by atoms with Crippen molar-refractivity contribution in [3.8, 4) is 5.75 Å². The van der Waals surface area contributed by atoms with Gasteiger partial charge in [0.25, 0.3) is 0 Å². The largest absolute Gasteiger partial charge is 0.490 e. The zero-order valence-electron chi connectivity index (χ0n) is 22.6. The number of aryl methyl sites for hydroxylation is 1. The second-order valence-corrected chi connectivity index (χ2v) is 9.41. The quantitative estimate of drug-likeness (QED) is 0.417. The van der Waals surface area contributed by atoms with E-state index in [0.717, 1.165) is 75.9 Å². The molecule has 0 radical (unpaired) electrons. The molecule has 2 unspecified atom stereocenters. The van der Waals surface area contributed by atoms with E-state index in [2.05, 4.69) is 17.1 Å². The SMILES string of the molecule is CC.CC.Cc1cc(F)c(NCC2=C(CN3CCOCC3)CCCC2)cc1OC1CCC(C)C1. The summed E-state index contributed by atoms with van der Waals surface area (Å²) < 4.78 is 26.4. The molecular weight excluding hydrogens is 427 g/mol. The Morgan fingerprint density at radius 3 is 2.35 bits per heavy atom. The van der Waals surface area contributed by atoms with E-state index in [1.54, 1.807) is 11.6 Å². The Bertz CT molecular complexity index is 759. The Morgan fingerprint density at radius 2 is 1.71 bits per heavy atom. The van der Waals surface area contributed by atoms with Crippen LogP contribution in [-0.2, 0) is 4.74 Å². The van der Waals surface area contributed by atoms with Gasteiger partial charge in [-0.3, -0.25) is 4.90 Å². The molecule has 0 bridgehead atoms. The van der Waals surface area contributed by atoms with E-state index in [4.69, 9.17) is 9.47 Å². The number of hydrogen-bond acceptors (Lipinski definition) is 4. The highest BCUT2D eigenvalue weighted by Crippen LogP contribution is 2.33. The van der Waals surface area contributed by atoms with Gasteiger partial charge in [0, 0.05) is 32.2 Å². The zero-order chi connectivity index (χ0) is 24.9. The number of hydrogen-bond donors (Lipinski definition) is 1. The van der Waals surface area contributed by atoms with Crippen molar-refractivity contribution in [3.05, 3.63) is 34.7 Å². The highest BCUT2D eigenvalue weighted by Gasteiger charge is 2.24. The molecular formula is C29H49FN2O2. The maximum Gasteiger partial charge on any atom is 0.146 e. The lowest BCUT2D eigenvalue weighted by atomic mass is 9.91. The summed E-state index contributed by atoms with van der Waals surface area (Å²) in [5.74, 6) is 1.35. The van der Waals surface area contributed by atoms with E-state index in [1.807, 2.05) is 40.7 Å². The molecule has 2 aliphatic carbocycles. The van der Waals surface area contributed by atoms with Crippen LogP contribution in [0.25, 0.3) is 0 Å². The van der Waals surface area contributed by atoms with Crippen molar-refractivity contribution >= 4 is 5.69 Å². The molecule has 1 aliphatic heterocycles.